The van der Waals surface area contributed by atoms with Crippen LogP contribution in [-0.2, 0) is 0 Å². The van der Waals surface area contributed by atoms with E-state index in [4.69, 9.17) is 9.47 Å². The lowest BCUT2D eigenvalue weighted by molar-refractivity contribution is -0.385. The van der Waals surface area contributed by atoms with Crippen LogP contribution in [0, 0.1) is 20.2 Å². The summed E-state index contributed by atoms with van der Waals surface area (Å²) in [5, 5.41) is 38.0. The maximum absolute atomic E-state index is 10.7. The largest absolute Gasteiger partial charge is 0.494 e. The summed E-state index contributed by atoms with van der Waals surface area (Å²) < 4.78 is 11.7. The molecule has 0 saturated heterocycles. The molecule has 0 atom stereocenters. The van der Waals surface area contributed by atoms with E-state index in [9.17, 15) is 20.2 Å². The Morgan fingerprint density at radius 2 is 0.660 bits per heavy atom. The Kier molecular flexibility index (Phi) is 14.0. The van der Waals surface area contributed by atoms with Crippen molar-refractivity contribution in [3.05, 3.63) is 117 Å². The number of unbranched alkanes of at least 4 members (excludes halogenated alkanes) is 8. The zero-order valence-corrected chi connectivity index (χ0v) is 26.1. The first-order chi connectivity index (χ1) is 23.0. The Balaban J connectivity index is 0.965. The van der Waals surface area contributed by atoms with Gasteiger partial charge in [0.15, 0.2) is 0 Å². The van der Waals surface area contributed by atoms with Gasteiger partial charge in [0.05, 0.1) is 45.8 Å². The maximum atomic E-state index is 10.7. The van der Waals surface area contributed by atoms with Crippen molar-refractivity contribution >= 4 is 34.1 Å². The predicted molar refractivity (Wildman–Crippen MR) is 180 cm³/mol. The van der Waals surface area contributed by atoms with Crippen molar-refractivity contribution in [2.45, 2.75) is 57.8 Å². The van der Waals surface area contributed by atoms with E-state index in [0.29, 0.717) is 36.0 Å². The highest BCUT2D eigenvalue weighted by atomic mass is 16.6. The van der Waals surface area contributed by atoms with Crippen LogP contribution in [0.3, 0.4) is 0 Å². The second-order valence-corrected chi connectivity index (χ2v) is 10.8. The standard InChI is InChI=1S/C35H38N6O6/c42-40(43)32-18-10-28(11-19-32)36-38-30-14-22-34(23-15-30)46-26-8-6-4-2-1-3-5-7-9-27-47-35-24-16-31(17-25-35)39-37-29-12-20-33(21-13-29)41(44)45/h10-25H,1-9,26-27H2. The third-order valence-corrected chi connectivity index (χ3v) is 7.18. The van der Waals surface area contributed by atoms with Gasteiger partial charge < -0.3 is 9.47 Å². The molecule has 0 aromatic heterocycles. The monoisotopic (exact) mass is 638 g/mol. The topological polar surface area (TPSA) is 154 Å². The number of rotatable bonds is 20. The zero-order chi connectivity index (χ0) is 33.1. The molecule has 0 spiro atoms. The average Bonchev–Trinajstić information content (AvgIpc) is 3.09. The number of benzene rings is 4. The van der Waals surface area contributed by atoms with Gasteiger partial charge in [-0.1, -0.05) is 44.9 Å². The highest BCUT2D eigenvalue weighted by Gasteiger charge is 2.05. The number of non-ortho nitro benzene ring substituents is 2. The molecule has 12 nitrogen and oxygen atoms in total. The van der Waals surface area contributed by atoms with Gasteiger partial charge in [0.2, 0.25) is 0 Å². The lowest BCUT2D eigenvalue weighted by Gasteiger charge is -2.07. The van der Waals surface area contributed by atoms with Gasteiger partial charge >= 0.3 is 0 Å². The Morgan fingerprint density at radius 1 is 0.404 bits per heavy atom. The minimum atomic E-state index is -0.446. The maximum Gasteiger partial charge on any atom is 0.269 e. The second-order valence-electron chi connectivity index (χ2n) is 10.8. The van der Waals surface area contributed by atoms with E-state index in [2.05, 4.69) is 20.5 Å². The molecule has 244 valence electrons. The van der Waals surface area contributed by atoms with Crippen LogP contribution < -0.4 is 9.47 Å². The molecule has 0 heterocycles. The summed E-state index contributed by atoms with van der Waals surface area (Å²) in [6.07, 6.45) is 10.4. The summed E-state index contributed by atoms with van der Waals surface area (Å²) in [5.74, 6) is 1.59. The van der Waals surface area contributed by atoms with Gasteiger partial charge in [0, 0.05) is 24.3 Å². The van der Waals surface area contributed by atoms with Crippen molar-refractivity contribution in [3.8, 4) is 11.5 Å². The van der Waals surface area contributed by atoms with E-state index >= 15 is 0 Å². The van der Waals surface area contributed by atoms with Crippen molar-refractivity contribution in [1.82, 2.24) is 0 Å². The number of nitro groups is 2. The Bertz CT molecular complexity index is 1470. The van der Waals surface area contributed by atoms with Crippen LogP contribution >= 0.6 is 0 Å². The average molecular weight is 639 g/mol. The fourth-order valence-corrected chi connectivity index (χ4v) is 4.55. The van der Waals surface area contributed by atoms with Crippen LogP contribution in [-0.4, -0.2) is 23.1 Å². The molecule has 4 rings (SSSR count). The van der Waals surface area contributed by atoms with E-state index in [0.717, 1.165) is 37.2 Å². The lowest BCUT2D eigenvalue weighted by atomic mass is 10.1. The van der Waals surface area contributed by atoms with Crippen LogP contribution in [0.25, 0.3) is 0 Å². The molecule has 0 N–H and O–H groups in total. The van der Waals surface area contributed by atoms with Gasteiger partial charge in [0.25, 0.3) is 11.4 Å². The molecule has 0 bridgehead atoms. The molecule has 0 aliphatic carbocycles. The first kappa shape index (κ1) is 34.4. The Morgan fingerprint density at radius 3 is 0.936 bits per heavy atom. The van der Waals surface area contributed by atoms with Crippen LogP contribution in [0.1, 0.15) is 57.8 Å². The van der Waals surface area contributed by atoms with Crippen LogP contribution in [0.15, 0.2) is 118 Å². The summed E-state index contributed by atoms with van der Waals surface area (Å²) in [7, 11) is 0. The van der Waals surface area contributed by atoms with Gasteiger partial charge in [-0.05, 0) is 85.6 Å². The molecule has 0 fully saturated rings. The second kappa shape index (κ2) is 19.1. The molecule has 0 aliphatic rings. The number of nitro benzene ring substituents is 2. The van der Waals surface area contributed by atoms with Gasteiger partial charge in [-0.15, -0.1) is 0 Å². The molecule has 4 aromatic carbocycles. The Labute approximate surface area is 273 Å². The minimum Gasteiger partial charge on any atom is -0.494 e. The molecule has 47 heavy (non-hydrogen) atoms. The number of azo groups is 2. The smallest absolute Gasteiger partial charge is 0.269 e. The molecule has 4 aromatic rings. The van der Waals surface area contributed by atoms with E-state index in [-0.39, 0.29) is 11.4 Å². The van der Waals surface area contributed by atoms with Crippen LogP contribution in [0.2, 0.25) is 0 Å². The summed E-state index contributed by atoms with van der Waals surface area (Å²) >= 11 is 0. The van der Waals surface area contributed by atoms with Gasteiger partial charge in [0.1, 0.15) is 11.5 Å². The highest BCUT2D eigenvalue weighted by molar-refractivity contribution is 5.47. The minimum absolute atomic E-state index is 0.0212. The van der Waals surface area contributed by atoms with Crippen LogP contribution in [0.5, 0.6) is 11.5 Å². The summed E-state index contributed by atoms with van der Waals surface area (Å²) in [5.41, 5.74) is 2.50. The Hall–Kier alpha value is -5.52. The third-order valence-electron chi connectivity index (χ3n) is 7.18. The first-order valence-corrected chi connectivity index (χ1v) is 15.7. The van der Waals surface area contributed by atoms with Crippen molar-refractivity contribution in [1.29, 1.82) is 0 Å². The molecule has 0 saturated carbocycles. The van der Waals surface area contributed by atoms with E-state index in [1.54, 1.807) is 24.3 Å². The molecular formula is C35H38N6O6. The van der Waals surface area contributed by atoms with Crippen molar-refractivity contribution in [3.63, 3.8) is 0 Å². The molecule has 12 heteroatoms. The fraction of sp³-hybridized carbons (Fsp3) is 0.314. The number of hydrogen-bond donors (Lipinski definition) is 0. The number of ether oxygens (including phenoxy) is 2. The molecule has 0 amide bonds. The molecule has 0 unspecified atom stereocenters. The van der Waals surface area contributed by atoms with Crippen molar-refractivity contribution in [2.75, 3.05) is 13.2 Å². The lowest BCUT2D eigenvalue weighted by Crippen LogP contribution is -1.97. The first-order valence-electron chi connectivity index (χ1n) is 15.7. The van der Waals surface area contributed by atoms with E-state index in [1.807, 2.05) is 48.5 Å². The number of nitrogens with zero attached hydrogens (tertiary/aromatic N) is 6. The molecule has 0 radical (unpaired) electrons. The van der Waals surface area contributed by atoms with Gasteiger partial charge in [-0.3, -0.25) is 20.2 Å². The van der Waals surface area contributed by atoms with Gasteiger partial charge in [-0.25, -0.2) is 0 Å². The zero-order valence-electron chi connectivity index (χ0n) is 26.1. The normalized spacial score (nSPS) is 11.2. The SMILES string of the molecule is O=[N+]([O-])c1ccc(N=Nc2ccc(OCCCCCCCCCCCOc3ccc(N=Nc4ccc([N+](=O)[O-])cc4)cc3)cc2)cc1. The van der Waals surface area contributed by atoms with Crippen molar-refractivity contribution in [2.24, 2.45) is 20.5 Å². The highest BCUT2D eigenvalue weighted by Crippen LogP contribution is 2.25. The summed E-state index contributed by atoms with van der Waals surface area (Å²) in [4.78, 5) is 20.6. The fourth-order valence-electron chi connectivity index (χ4n) is 4.55. The molecular weight excluding hydrogens is 600 g/mol. The van der Waals surface area contributed by atoms with Crippen LogP contribution in [0.4, 0.5) is 34.1 Å². The van der Waals surface area contributed by atoms with Gasteiger partial charge in [-0.2, -0.15) is 20.5 Å². The third kappa shape index (κ3) is 12.8. The van der Waals surface area contributed by atoms with Crippen molar-refractivity contribution < 1.29 is 19.3 Å². The summed E-state index contributed by atoms with van der Waals surface area (Å²) in [6.45, 7) is 1.36. The van der Waals surface area contributed by atoms with E-state index in [1.165, 1.54) is 56.4 Å². The predicted octanol–water partition coefficient (Wildman–Crippen LogP) is 11.3. The quantitative estimate of drug-likeness (QED) is 0.0406. The number of hydrogen-bond acceptors (Lipinski definition) is 10. The van der Waals surface area contributed by atoms with E-state index < -0.39 is 9.85 Å². The molecule has 0 aliphatic heterocycles. The summed E-state index contributed by atoms with van der Waals surface area (Å²) in [6, 6.07) is 26.6.